The normalized spacial score (nSPS) is 18.1. The molecule has 1 saturated carbocycles. The Hall–Kier alpha value is -2.61. The second kappa shape index (κ2) is 6.77. The van der Waals surface area contributed by atoms with Crippen LogP contribution in [0.5, 0.6) is 0 Å². The maximum atomic E-state index is 12.7. The number of hydrogen-bond donors (Lipinski definition) is 1. The highest BCUT2D eigenvalue weighted by Gasteiger charge is 2.31. The van der Waals surface area contributed by atoms with Gasteiger partial charge in [0.25, 0.3) is 0 Å². The van der Waals surface area contributed by atoms with Crippen LogP contribution in [-0.2, 0) is 11.3 Å². The van der Waals surface area contributed by atoms with Crippen LogP contribution >= 0.6 is 11.6 Å². The van der Waals surface area contributed by atoms with E-state index in [-0.39, 0.29) is 12.5 Å². The summed E-state index contributed by atoms with van der Waals surface area (Å²) in [6, 6.07) is 4.96. The van der Waals surface area contributed by atoms with Gasteiger partial charge in [-0.2, -0.15) is 5.10 Å². The summed E-state index contributed by atoms with van der Waals surface area (Å²) in [6.07, 6.45) is 4.03. The number of hydrogen-bond acceptors (Lipinski definition) is 5. The lowest BCUT2D eigenvalue weighted by Gasteiger charge is -2.31. The number of halogens is 1. The minimum absolute atomic E-state index is 0.0354. The van der Waals surface area contributed by atoms with Crippen LogP contribution in [0.4, 0.5) is 0 Å². The van der Waals surface area contributed by atoms with E-state index in [2.05, 4.69) is 15.2 Å². The molecule has 0 radical (unpaired) electrons. The quantitative estimate of drug-likeness (QED) is 0.724. The number of nitrogens with zero attached hydrogens (tertiary/aromatic N) is 4. The molecule has 3 aromatic rings. The van der Waals surface area contributed by atoms with E-state index in [0.717, 1.165) is 24.5 Å². The fourth-order valence-corrected chi connectivity index (χ4v) is 3.98. The van der Waals surface area contributed by atoms with Gasteiger partial charge in [-0.05, 0) is 37.8 Å². The summed E-state index contributed by atoms with van der Waals surface area (Å²) in [4.78, 5) is 31.3. The van der Waals surface area contributed by atoms with E-state index in [0.29, 0.717) is 41.0 Å². The van der Waals surface area contributed by atoms with Crippen LogP contribution in [0.3, 0.4) is 0 Å². The minimum Gasteiger partial charge on any atom is -0.408 e. The largest absolute Gasteiger partial charge is 0.420 e. The summed E-state index contributed by atoms with van der Waals surface area (Å²) in [7, 11) is 0. The monoisotopic (exact) mass is 401 g/mol. The van der Waals surface area contributed by atoms with E-state index in [1.54, 1.807) is 23.1 Å². The van der Waals surface area contributed by atoms with Crippen LogP contribution in [0.2, 0.25) is 5.02 Å². The number of benzene rings is 1. The number of carbonyl (C=O) groups excluding carboxylic acids is 1. The first-order valence-corrected chi connectivity index (χ1v) is 9.95. The molecule has 0 unspecified atom stereocenters. The molecule has 0 spiro atoms. The second-order valence-electron chi connectivity index (χ2n) is 7.57. The Bertz CT molecular complexity index is 1090. The van der Waals surface area contributed by atoms with Crippen LogP contribution in [0.1, 0.15) is 49.2 Å². The summed E-state index contributed by atoms with van der Waals surface area (Å²) in [5.74, 6) is 2.06. The number of H-pyrrole nitrogens is 1. The van der Waals surface area contributed by atoms with Crippen molar-refractivity contribution in [3.8, 4) is 0 Å². The van der Waals surface area contributed by atoms with Crippen LogP contribution in [0.15, 0.2) is 27.4 Å². The standard InChI is InChI=1S/C19H20ClN5O3/c20-13-3-4-14-15(9-13)28-19(27)25(14)10-16(26)24-7-5-12(6-8-24)18-21-17(22-23-18)11-1-2-11/h3-4,9,11-12H,1-2,5-8,10H2,(H,21,22,23). The summed E-state index contributed by atoms with van der Waals surface area (Å²) >= 11 is 5.94. The van der Waals surface area contributed by atoms with Gasteiger partial charge in [0.05, 0.1) is 5.52 Å². The number of aromatic nitrogens is 4. The van der Waals surface area contributed by atoms with Crippen LogP contribution in [-0.4, -0.2) is 43.6 Å². The maximum absolute atomic E-state index is 12.7. The molecule has 0 bridgehead atoms. The molecule has 1 saturated heterocycles. The number of aromatic amines is 1. The number of likely N-dealkylation sites (tertiary alicyclic amines) is 1. The molecule has 9 heteroatoms. The van der Waals surface area contributed by atoms with Crippen molar-refractivity contribution >= 4 is 28.6 Å². The molecule has 146 valence electrons. The maximum Gasteiger partial charge on any atom is 0.420 e. The molecule has 8 nitrogen and oxygen atoms in total. The van der Waals surface area contributed by atoms with Crippen molar-refractivity contribution in [2.75, 3.05) is 13.1 Å². The third-order valence-electron chi connectivity index (χ3n) is 5.62. The zero-order valence-corrected chi connectivity index (χ0v) is 16.0. The van der Waals surface area contributed by atoms with Gasteiger partial charge in [-0.3, -0.25) is 14.5 Å². The molecule has 1 aliphatic heterocycles. The molecule has 2 aliphatic rings. The van der Waals surface area contributed by atoms with Gasteiger partial charge in [0.15, 0.2) is 11.4 Å². The highest BCUT2D eigenvalue weighted by molar-refractivity contribution is 6.31. The second-order valence-corrected chi connectivity index (χ2v) is 8.01. The fourth-order valence-electron chi connectivity index (χ4n) is 3.82. The first-order chi connectivity index (χ1) is 13.6. The van der Waals surface area contributed by atoms with E-state index in [4.69, 9.17) is 16.0 Å². The fraction of sp³-hybridized carbons (Fsp3) is 0.474. The van der Waals surface area contributed by atoms with Crippen molar-refractivity contribution in [1.29, 1.82) is 0 Å². The van der Waals surface area contributed by atoms with E-state index in [9.17, 15) is 9.59 Å². The molecule has 1 aliphatic carbocycles. The van der Waals surface area contributed by atoms with Crippen LogP contribution in [0.25, 0.3) is 11.1 Å². The summed E-state index contributed by atoms with van der Waals surface area (Å²) in [5.41, 5.74) is 0.965. The molecule has 2 fully saturated rings. The average molecular weight is 402 g/mol. The van der Waals surface area contributed by atoms with Gasteiger partial charge in [0.2, 0.25) is 5.91 Å². The zero-order chi connectivity index (χ0) is 19.3. The summed E-state index contributed by atoms with van der Waals surface area (Å²) in [6.45, 7) is 1.24. The SMILES string of the molecule is O=C(Cn1c(=O)oc2cc(Cl)ccc21)N1CCC(c2nc(C3CC3)n[nH]2)CC1. The predicted octanol–water partition coefficient (Wildman–Crippen LogP) is 2.65. The number of rotatable bonds is 4. The van der Waals surface area contributed by atoms with Crippen molar-refractivity contribution < 1.29 is 9.21 Å². The Morgan fingerprint density at radius 2 is 2.00 bits per heavy atom. The van der Waals surface area contributed by atoms with Crippen LogP contribution in [0, 0.1) is 0 Å². The van der Waals surface area contributed by atoms with Crippen molar-refractivity contribution in [2.24, 2.45) is 0 Å². The highest BCUT2D eigenvalue weighted by atomic mass is 35.5. The van der Waals surface area contributed by atoms with E-state index < -0.39 is 5.76 Å². The number of oxazole rings is 1. The molecule has 0 atom stereocenters. The summed E-state index contributed by atoms with van der Waals surface area (Å²) in [5, 5.41) is 7.89. The van der Waals surface area contributed by atoms with Crippen molar-refractivity contribution in [1.82, 2.24) is 24.6 Å². The molecule has 2 aromatic heterocycles. The van der Waals surface area contributed by atoms with Gasteiger partial charge in [-0.15, -0.1) is 0 Å². The lowest BCUT2D eigenvalue weighted by atomic mass is 9.96. The number of piperidine rings is 1. The van der Waals surface area contributed by atoms with Crippen molar-refractivity contribution in [2.45, 2.75) is 44.1 Å². The number of nitrogens with one attached hydrogen (secondary N) is 1. The van der Waals surface area contributed by atoms with E-state index in [1.165, 1.54) is 17.4 Å². The van der Waals surface area contributed by atoms with Crippen molar-refractivity contribution in [3.63, 3.8) is 0 Å². The molecule has 5 rings (SSSR count). The lowest BCUT2D eigenvalue weighted by Crippen LogP contribution is -2.40. The average Bonchev–Trinajstić information content (AvgIpc) is 3.35. The van der Waals surface area contributed by atoms with Crippen molar-refractivity contribution in [3.05, 3.63) is 45.4 Å². The minimum atomic E-state index is -0.547. The lowest BCUT2D eigenvalue weighted by molar-refractivity contribution is -0.132. The molecular weight excluding hydrogens is 382 g/mol. The molecule has 28 heavy (non-hydrogen) atoms. The first-order valence-electron chi connectivity index (χ1n) is 9.57. The predicted molar refractivity (Wildman–Crippen MR) is 102 cm³/mol. The van der Waals surface area contributed by atoms with Gasteiger partial charge >= 0.3 is 5.76 Å². The smallest absolute Gasteiger partial charge is 0.408 e. The molecule has 3 heterocycles. The third kappa shape index (κ3) is 3.22. The van der Waals surface area contributed by atoms with Gasteiger partial charge in [-0.25, -0.2) is 9.78 Å². The van der Waals surface area contributed by atoms with E-state index >= 15 is 0 Å². The Kier molecular flexibility index (Phi) is 4.23. The third-order valence-corrected chi connectivity index (χ3v) is 5.86. The Balaban J connectivity index is 1.24. The Labute approximate surface area is 165 Å². The topological polar surface area (TPSA) is 97.0 Å². The number of fused-ring (bicyclic) bond motifs is 1. The molecular formula is C19H20ClN5O3. The summed E-state index contributed by atoms with van der Waals surface area (Å²) < 4.78 is 6.56. The first kappa shape index (κ1) is 17.5. The molecule has 1 N–H and O–H groups in total. The Morgan fingerprint density at radius 1 is 1.21 bits per heavy atom. The Morgan fingerprint density at radius 3 is 2.75 bits per heavy atom. The highest BCUT2D eigenvalue weighted by Crippen LogP contribution is 2.38. The van der Waals surface area contributed by atoms with E-state index in [1.807, 2.05) is 0 Å². The molecule has 1 aromatic carbocycles. The van der Waals surface area contributed by atoms with Gasteiger partial charge in [-0.1, -0.05) is 11.6 Å². The van der Waals surface area contributed by atoms with Gasteiger partial charge in [0, 0.05) is 36.0 Å². The van der Waals surface area contributed by atoms with Gasteiger partial charge < -0.3 is 9.32 Å². The molecule has 1 amide bonds. The number of amides is 1. The van der Waals surface area contributed by atoms with Crippen LogP contribution < -0.4 is 5.76 Å². The van der Waals surface area contributed by atoms with Gasteiger partial charge in [0.1, 0.15) is 12.4 Å². The zero-order valence-electron chi connectivity index (χ0n) is 15.2. The number of carbonyl (C=O) groups is 1.